The fourth-order valence-corrected chi connectivity index (χ4v) is 3.66. The topological polar surface area (TPSA) is 110 Å². The van der Waals surface area contributed by atoms with Gasteiger partial charge in [0.25, 0.3) is 0 Å². The van der Waals surface area contributed by atoms with Crippen LogP contribution in [0.1, 0.15) is 17.7 Å². The van der Waals surface area contributed by atoms with Crippen LogP contribution in [0.15, 0.2) is 40.5 Å². The van der Waals surface area contributed by atoms with Gasteiger partial charge in [0.15, 0.2) is 5.82 Å². The number of thioether (sulfide) groups is 1. The largest absolute Gasteiger partial charge is 0.360 e. The summed E-state index contributed by atoms with van der Waals surface area (Å²) in [7, 11) is 0. The summed E-state index contributed by atoms with van der Waals surface area (Å²) in [4.78, 5) is 32.7. The van der Waals surface area contributed by atoms with Crippen LogP contribution in [-0.4, -0.2) is 37.9 Å². The smallest absolute Gasteiger partial charge is 0.238 e. The highest BCUT2D eigenvalue weighted by Crippen LogP contribution is 2.21. The van der Waals surface area contributed by atoms with Gasteiger partial charge in [0.2, 0.25) is 11.8 Å². The number of carbonyl (C=O) groups excluding carboxylic acids is 2. The minimum atomic E-state index is -0.402. The van der Waals surface area contributed by atoms with E-state index in [1.54, 1.807) is 32.3 Å². The molecule has 1 atom stereocenters. The summed E-state index contributed by atoms with van der Waals surface area (Å²) in [5.74, 6) is 0.780. The zero-order valence-corrected chi connectivity index (χ0v) is 17.0. The van der Waals surface area contributed by atoms with Crippen LogP contribution in [-0.2, 0) is 16.1 Å². The van der Waals surface area contributed by atoms with E-state index >= 15 is 0 Å². The van der Waals surface area contributed by atoms with Crippen LogP contribution in [0, 0.1) is 6.92 Å². The molecule has 0 saturated carbocycles. The predicted molar refractivity (Wildman–Crippen MR) is 109 cm³/mol. The number of aromatic nitrogens is 3. The molecule has 0 bridgehead atoms. The van der Waals surface area contributed by atoms with Crippen LogP contribution in [0.2, 0.25) is 0 Å². The SMILES string of the molecule is Cc1cc(NC(=O)C(C)SCC(=O)NCc2nc(-c3ccncc3)cs2)no1. The van der Waals surface area contributed by atoms with Gasteiger partial charge in [-0.1, -0.05) is 5.16 Å². The van der Waals surface area contributed by atoms with Crippen LogP contribution in [0.4, 0.5) is 5.82 Å². The van der Waals surface area contributed by atoms with Gasteiger partial charge in [0.05, 0.1) is 23.2 Å². The van der Waals surface area contributed by atoms with Crippen molar-refractivity contribution in [3.63, 3.8) is 0 Å². The van der Waals surface area contributed by atoms with Crippen molar-refractivity contribution in [2.45, 2.75) is 25.6 Å². The number of nitrogens with zero attached hydrogens (tertiary/aromatic N) is 3. The van der Waals surface area contributed by atoms with E-state index in [0.717, 1.165) is 16.3 Å². The first-order valence-electron chi connectivity index (χ1n) is 8.48. The van der Waals surface area contributed by atoms with Gasteiger partial charge in [-0.2, -0.15) is 0 Å². The summed E-state index contributed by atoms with van der Waals surface area (Å²) >= 11 is 2.74. The Balaban J connectivity index is 1.41. The Bertz CT molecular complexity index is 942. The van der Waals surface area contributed by atoms with Gasteiger partial charge in [0, 0.05) is 29.4 Å². The predicted octanol–water partition coefficient (Wildman–Crippen LogP) is 2.88. The lowest BCUT2D eigenvalue weighted by atomic mass is 10.2. The summed E-state index contributed by atoms with van der Waals surface area (Å²) in [6.07, 6.45) is 3.43. The number of anilines is 1. The zero-order valence-electron chi connectivity index (χ0n) is 15.3. The Morgan fingerprint density at radius 1 is 1.32 bits per heavy atom. The minimum absolute atomic E-state index is 0.150. The standard InChI is InChI=1S/C18H19N5O3S2/c1-11-7-15(23-26-11)22-18(25)12(2)27-10-16(24)20-8-17-21-14(9-28-17)13-3-5-19-6-4-13/h3-7,9,12H,8,10H2,1-2H3,(H,20,24)(H,22,23,25). The average molecular weight is 418 g/mol. The molecule has 146 valence electrons. The van der Waals surface area contributed by atoms with Crippen molar-refractivity contribution in [1.29, 1.82) is 0 Å². The van der Waals surface area contributed by atoms with Crippen molar-refractivity contribution in [2.24, 2.45) is 0 Å². The lowest BCUT2D eigenvalue weighted by Gasteiger charge is -2.10. The molecule has 3 heterocycles. The van der Waals surface area contributed by atoms with Crippen molar-refractivity contribution >= 4 is 40.7 Å². The second kappa shape index (κ2) is 9.47. The first-order chi connectivity index (χ1) is 13.5. The lowest BCUT2D eigenvalue weighted by molar-refractivity contribution is -0.118. The molecule has 0 spiro atoms. The number of nitrogens with one attached hydrogen (secondary N) is 2. The molecule has 3 aromatic heterocycles. The molecular formula is C18H19N5O3S2. The Hall–Kier alpha value is -2.72. The van der Waals surface area contributed by atoms with E-state index in [1.807, 2.05) is 17.5 Å². The Morgan fingerprint density at radius 2 is 2.11 bits per heavy atom. The number of thiazole rings is 1. The Kier molecular flexibility index (Phi) is 6.77. The lowest BCUT2D eigenvalue weighted by Crippen LogP contribution is -2.28. The molecule has 0 aliphatic carbocycles. The summed E-state index contributed by atoms with van der Waals surface area (Å²) in [5.41, 5.74) is 1.85. The molecule has 0 radical (unpaired) electrons. The van der Waals surface area contributed by atoms with E-state index in [2.05, 4.69) is 25.8 Å². The summed E-state index contributed by atoms with van der Waals surface area (Å²) in [5, 5.41) is 11.6. The summed E-state index contributed by atoms with van der Waals surface area (Å²) < 4.78 is 4.90. The van der Waals surface area contributed by atoms with Gasteiger partial charge in [-0.05, 0) is 26.0 Å². The normalized spacial score (nSPS) is 11.8. The molecule has 1 unspecified atom stereocenters. The third-order valence-electron chi connectivity index (χ3n) is 3.68. The first kappa shape index (κ1) is 20.0. The minimum Gasteiger partial charge on any atom is -0.360 e. The average Bonchev–Trinajstić information content (AvgIpc) is 3.34. The van der Waals surface area contributed by atoms with Crippen LogP contribution in [0.3, 0.4) is 0 Å². The van der Waals surface area contributed by atoms with Gasteiger partial charge in [-0.3, -0.25) is 14.6 Å². The molecule has 8 nitrogen and oxygen atoms in total. The first-order valence-corrected chi connectivity index (χ1v) is 10.4. The molecule has 0 aliphatic rings. The van der Waals surface area contributed by atoms with Crippen molar-refractivity contribution in [3.8, 4) is 11.3 Å². The maximum Gasteiger partial charge on any atom is 0.238 e. The zero-order chi connectivity index (χ0) is 19.9. The molecule has 0 fully saturated rings. The number of carbonyl (C=O) groups is 2. The number of hydrogen-bond acceptors (Lipinski definition) is 8. The van der Waals surface area contributed by atoms with Crippen molar-refractivity contribution in [2.75, 3.05) is 11.1 Å². The number of amides is 2. The number of aryl methyl sites for hydroxylation is 1. The molecule has 2 N–H and O–H groups in total. The Morgan fingerprint density at radius 3 is 2.82 bits per heavy atom. The van der Waals surface area contributed by atoms with Gasteiger partial charge in [-0.25, -0.2) is 4.98 Å². The number of rotatable bonds is 8. The van der Waals surface area contributed by atoms with E-state index in [-0.39, 0.29) is 17.6 Å². The highest BCUT2D eigenvalue weighted by Gasteiger charge is 2.17. The van der Waals surface area contributed by atoms with Crippen LogP contribution in [0.5, 0.6) is 0 Å². The molecule has 0 aliphatic heterocycles. The summed E-state index contributed by atoms with van der Waals surface area (Å²) in [6.45, 7) is 3.84. The highest BCUT2D eigenvalue weighted by atomic mass is 32.2. The van der Waals surface area contributed by atoms with E-state index in [0.29, 0.717) is 18.1 Å². The molecule has 0 saturated heterocycles. The fraction of sp³-hybridized carbons (Fsp3) is 0.278. The maximum absolute atomic E-state index is 12.1. The molecule has 3 rings (SSSR count). The van der Waals surface area contributed by atoms with Crippen LogP contribution in [0.25, 0.3) is 11.3 Å². The van der Waals surface area contributed by atoms with Gasteiger partial charge in [-0.15, -0.1) is 23.1 Å². The molecule has 3 aromatic rings. The van der Waals surface area contributed by atoms with Gasteiger partial charge in [0.1, 0.15) is 10.8 Å². The van der Waals surface area contributed by atoms with Crippen LogP contribution < -0.4 is 10.6 Å². The maximum atomic E-state index is 12.1. The third kappa shape index (κ3) is 5.64. The van der Waals surface area contributed by atoms with E-state index < -0.39 is 5.25 Å². The number of pyridine rings is 1. The van der Waals surface area contributed by atoms with Crippen molar-refractivity contribution in [1.82, 2.24) is 20.4 Å². The van der Waals surface area contributed by atoms with Gasteiger partial charge >= 0.3 is 0 Å². The molecule has 10 heteroatoms. The molecule has 0 aromatic carbocycles. The third-order valence-corrected chi connectivity index (χ3v) is 5.67. The Labute approximate surface area is 170 Å². The van der Waals surface area contributed by atoms with Crippen LogP contribution >= 0.6 is 23.1 Å². The van der Waals surface area contributed by atoms with Crippen molar-refractivity contribution < 1.29 is 14.1 Å². The molecular weight excluding hydrogens is 398 g/mol. The monoisotopic (exact) mass is 417 g/mol. The second-order valence-corrected chi connectivity index (χ2v) is 8.18. The highest BCUT2D eigenvalue weighted by molar-refractivity contribution is 8.01. The quantitative estimate of drug-likeness (QED) is 0.580. The second-order valence-electron chi connectivity index (χ2n) is 5.90. The van der Waals surface area contributed by atoms with Crippen molar-refractivity contribution in [3.05, 3.63) is 46.7 Å². The number of hydrogen-bond donors (Lipinski definition) is 2. The van der Waals surface area contributed by atoms with Gasteiger partial charge < -0.3 is 15.2 Å². The van der Waals surface area contributed by atoms with E-state index in [1.165, 1.54) is 23.1 Å². The van der Waals surface area contributed by atoms with E-state index in [4.69, 9.17) is 4.52 Å². The van der Waals surface area contributed by atoms with E-state index in [9.17, 15) is 9.59 Å². The fourth-order valence-electron chi connectivity index (χ4n) is 2.20. The molecule has 2 amide bonds. The summed E-state index contributed by atoms with van der Waals surface area (Å²) in [6, 6.07) is 5.41. The molecule has 28 heavy (non-hydrogen) atoms.